The van der Waals surface area contributed by atoms with E-state index in [0.717, 1.165) is 0 Å². The van der Waals surface area contributed by atoms with Gasteiger partial charge in [0.05, 0.1) is 0 Å². The van der Waals surface area contributed by atoms with Gasteiger partial charge in [-0.1, -0.05) is 12.1 Å². The van der Waals surface area contributed by atoms with Crippen LogP contribution in [-0.2, 0) is 4.79 Å². The van der Waals surface area contributed by atoms with Gasteiger partial charge in [0, 0.05) is 11.6 Å². The number of fused-ring (bicyclic) bond motifs is 1. The van der Waals surface area contributed by atoms with Crippen molar-refractivity contribution in [1.82, 2.24) is 4.98 Å². The lowest BCUT2D eigenvalue weighted by Gasteiger charge is -2.25. The van der Waals surface area contributed by atoms with E-state index < -0.39 is 6.10 Å². The normalized spacial score (nSPS) is 17.2. The van der Waals surface area contributed by atoms with Crippen LogP contribution in [-0.4, -0.2) is 23.6 Å². The molecule has 0 spiro atoms. The molecule has 18 heavy (non-hydrogen) atoms. The summed E-state index contributed by atoms with van der Waals surface area (Å²) in [6, 6.07) is 7.28. The lowest BCUT2D eigenvalue weighted by atomic mass is 10.2. The number of rotatable bonds is 2. The van der Waals surface area contributed by atoms with E-state index in [4.69, 9.17) is 9.47 Å². The molecule has 1 amide bonds. The van der Waals surface area contributed by atoms with Gasteiger partial charge in [0.15, 0.2) is 16.6 Å². The summed E-state index contributed by atoms with van der Waals surface area (Å²) in [6.07, 6.45) is 0.983. The average molecular weight is 262 g/mol. The van der Waals surface area contributed by atoms with E-state index >= 15 is 0 Å². The SMILES string of the molecule is O=C(Nc1nccs1)[C@H]1COc2ccccc2O1. The Bertz CT molecular complexity index is 556. The molecule has 6 heteroatoms. The molecule has 1 N–H and O–H groups in total. The fraction of sp³-hybridized carbons (Fsp3) is 0.167. The summed E-state index contributed by atoms with van der Waals surface area (Å²) >= 11 is 1.36. The van der Waals surface area contributed by atoms with Crippen molar-refractivity contribution in [3.8, 4) is 11.5 Å². The summed E-state index contributed by atoms with van der Waals surface area (Å²) in [7, 11) is 0. The van der Waals surface area contributed by atoms with Gasteiger partial charge in [-0.05, 0) is 12.1 Å². The van der Waals surface area contributed by atoms with Gasteiger partial charge in [0.25, 0.3) is 5.91 Å². The topological polar surface area (TPSA) is 60.5 Å². The van der Waals surface area contributed by atoms with E-state index in [0.29, 0.717) is 16.6 Å². The largest absolute Gasteiger partial charge is 0.485 e. The van der Waals surface area contributed by atoms with E-state index in [1.165, 1.54) is 11.3 Å². The Balaban J connectivity index is 1.70. The van der Waals surface area contributed by atoms with Crippen molar-refractivity contribution in [3.05, 3.63) is 35.8 Å². The number of aromatic nitrogens is 1. The number of thiazole rings is 1. The summed E-state index contributed by atoms with van der Waals surface area (Å²) in [4.78, 5) is 15.9. The van der Waals surface area contributed by atoms with Crippen LogP contribution in [0, 0.1) is 0 Å². The molecule has 1 aromatic carbocycles. The minimum atomic E-state index is -0.649. The first-order valence-corrected chi connectivity index (χ1v) is 6.30. The molecule has 0 unspecified atom stereocenters. The fourth-order valence-corrected chi connectivity index (χ4v) is 2.15. The van der Waals surface area contributed by atoms with Gasteiger partial charge in [-0.25, -0.2) is 4.98 Å². The first-order valence-electron chi connectivity index (χ1n) is 5.42. The first-order chi connectivity index (χ1) is 8.83. The first kappa shape index (κ1) is 11.0. The van der Waals surface area contributed by atoms with E-state index in [9.17, 15) is 4.79 Å². The van der Waals surface area contributed by atoms with Crippen LogP contribution in [0.5, 0.6) is 11.5 Å². The number of carbonyl (C=O) groups is 1. The number of benzene rings is 1. The third-order valence-electron chi connectivity index (χ3n) is 2.46. The number of amides is 1. The lowest BCUT2D eigenvalue weighted by Crippen LogP contribution is -2.40. The average Bonchev–Trinajstić information content (AvgIpc) is 2.91. The number of para-hydroxylation sites is 2. The van der Waals surface area contributed by atoms with Gasteiger partial charge in [-0.2, -0.15) is 0 Å². The minimum Gasteiger partial charge on any atom is -0.485 e. The third-order valence-corrected chi connectivity index (χ3v) is 3.15. The summed E-state index contributed by atoms with van der Waals surface area (Å²) in [5, 5.41) is 5.04. The van der Waals surface area contributed by atoms with Crippen molar-refractivity contribution in [1.29, 1.82) is 0 Å². The van der Waals surface area contributed by atoms with E-state index in [-0.39, 0.29) is 12.5 Å². The zero-order valence-corrected chi connectivity index (χ0v) is 10.1. The van der Waals surface area contributed by atoms with Crippen LogP contribution < -0.4 is 14.8 Å². The molecule has 0 radical (unpaired) electrons. The van der Waals surface area contributed by atoms with Crippen molar-refractivity contribution in [2.24, 2.45) is 0 Å². The molecule has 2 aromatic rings. The number of hydrogen-bond donors (Lipinski definition) is 1. The van der Waals surface area contributed by atoms with Crippen LogP contribution in [0.1, 0.15) is 0 Å². The van der Waals surface area contributed by atoms with Crippen molar-refractivity contribution < 1.29 is 14.3 Å². The quantitative estimate of drug-likeness (QED) is 0.898. The fourth-order valence-electron chi connectivity index (χ4n) is 1.62. The van der Waals surface area contributed by atoms with Crippen LogP contribution >= 0.6 is 11.3 Å². The maximum absolute atomic E-state index is 11.9. The zero-order valence-electron chi connectivity index (χ0n) is 9.33. The van der Waals surface area contributed by atoms with Gasteiger partial charge in [0.1, 0.15) is 6.61 Å². The molecular weight excluding hydrogens is 252 g/mol. The van der Waals surface area contributed by atoms with Crippen LogP contribution in [0.4, 0.5) is 5.13 Å². The predicted octanol–water partition coefficient (Wildman–Crippen LogP) is 1.92. The molecule has 0 fully saturated rings. The lowest BCUT2D eigenvalue weighted by molar-refractivity contribution is -0.125. The Kier molecular flexibility index (Phi) is 2.85. The van der Waals surface area contributed by atoms with Gasteiger partial charge >= 0.3 is 0 Å². The van der Waals surface area contributed by atoms with E-state index in [1.54, 1.807) is 17.6 Å². The molecule has 5 nitrogen and oxygen atoms in total. The van der Waals surface area contributed by atoms with Gasteiger partial charge in [-0.3, -0.25) is 10.1 Å². The highest BCUT2D eigenvalue weighted by Gasteiger charge is 2.27. The molecule has 1 aliphatic rings. The van der Waals surface area contributed by atoms with Crippen molar-refractivity contribution in [3.63, 3.8) is 0 Å². The highest BCUT2D eigenvalue weighted by molar-refractivity contribution is 7.13. The van der Waals surface area contributed by atoms with E-state index in [1.807, 2.05) is 18.2 Å². The highest BCUT2D eigenvalue weighted by Crippen LogP contribution is 2.31. The predicted molar refractivity (Wildman–Crippen MR) is 67.1 cm³/mol. The second kappa shape index (κ2) is 4.66. The van der Waals surface area contributed by atoms with Crippen molar-refractivity contribution in [2.75, 3.05) is 11.9 Å². The number of hydrogen-bond acceptors (Lipinski definition) is 5. The Morgan fingerprint density at radius 3 is 3.00 bits per heavy atom. The van der Waals surface area contributed by atoms with Crippen LogP contribution in [0.25, 0.3) is 0 Å². The Morgan fingerprint density at radius 1 is 1.39 bits per heavy atom. The summed E-state index contributed by atoms with van der Waals surface area (Å²) in [6.45, 7) is 0.203. The van der Waals surface area contributed by atoms with Crippen LogP contribution in [0.3, 0.4) is 0 Å². The number of ether oxygens (including phenoxy) is 2. The second-order valence-corrected chi connectivity index (χ2v) is 4.59. The molecule has 1 aliphatic heterocycles. The third kappa shape index (κ3) is 2.14. The zero-order chi connectivity index (χ0) is 12.4. The Labute approximate surface area is 107 Å². The minimum absolute atomic E-state index is 0.203. The highest BCUT2D eigenvalue weighted by atomic mass is 32.1. The van der Waals surface area contributed by atoms with Gasteiger partial charge < -0.3 is 9.47 Å². The number of nitrogens with one attached hydrogen (secondary N) is 1. The molecule has 92 valence electrons. The molecule has 0 saturated carbocycles. The van der Waals surface area contributed by atoms with Crippen LogP contribution in [0.15, 0.2) is 35.8 Å². The maximum atomic E-state index is 11.9. The molecule has 1 atom stereocenters. The summed E-state index contributed by atoms with van der Waals surface area (Å²) < 4.78 is 11.1. The number of anilines is 1. The summed E-state index contributed by atoms with van der Waals surface area (Å²) in [5.41, 5.74) is 0. The standard InChI is InChI=1S/C12H10N2O3S/c15-11(14-12-13-5-6-18-12)10-7-16-8-3-1-2-4-9(8)17-10/h1-6,10H,7H2,(H,13,14,15)/t10-/m1/s1. The smallest absolute Gasteiger partial charge is 0.270 e. The molecular formula is C12H10N2O3S. The molecule has 0 aliphatic carbocycles. The van der Waals surface area contributed by atoms with E-state index in [2.05, 4.69) is 10.3 Å². The Morgan fingerprint density at radius 2 is 2.22 bits per heavy atom. The van der Waals surface area contributed by atoms with Crippen LogP contribution in [0.2, 0.25) is 0 Å². The molecule has 0 saturated heterocycles. The van der Waals surface area contributed by atoms with Gasteiger partial charge in [0.2, 0.25) is 6.10 Å². The molecule has 0 bridgehead atoms. The number of carbonyl (C=O) groups excluding carboxylic acids is 1. The maximum Gasteiger partial charge on any atom is 0.270 e. The number of nitrogens with zero attached hydrogens (tertiary/aromatic N) is 1. The van der Waals surface area contributed by atoms with Crippen molar-refractivity contribution >= 4 is 22.4 Å². The van der Waals surface area contributed by atoms with Crippen molar-refractivity contribution in [2.45, 2.75) is 6.10 Å². The monoisotopic (exact) mass is 262 g/mol. The molecule has 2 heterocycles. The second-order valence-electron chi connectivity index (χ2n) is 3.69. The molecule has 1 aromatic heterocycles. The molecule has 3 rings (SSSR count). The Hall–Kier alpha value is -2.08. The van der Waals surface area contributed by atoms with Gasteiger partial charge in [-0.15, -0.1) is 11.3 Å². The summed E-state index contributed by atoms with van der Waals surface area (Å²) in [5.74, 6) is 0.998.